The monoisotopic (exact) mass is 546 g/mol. The fourth-order valence-corrected chi connectivity index (χ4v) is 4.99. The highest BCUT2D eigenvalue weighted by Crippen LogP contribution is 2.35. The lowest BCUT2D eigenvalue weighted by Crippen LogP contribution is -2.38. The van der Waals surface area contributed by atoms with Gasteiger partial charge in [-0.2, -0.15) is 0 Å². The summed E-state index contributed by atoms with van der Waals surface area (Å²) >= 11 is 6.14. The summed E-state index contributed by atoms with van der Waals surface area (Å²) in [5.41, 5.74) is -0.0580. The van der Waals surface area contributed by atoms with Gasteiger partial charge < -0.3 is 19.5 Å². The van der Waals surface area contributed by atoms with E-state index in [1.807, 2.05) is 0 Å². The molecule has 0 atom stereocenters. The van der Waals surface area contributed by atoms with Crippen LogP contribution in [-0.4, -0.2) is 54.1 Å². The Morgan fingerprint density at radius 2 is 1.57 bits per heavy atom. The largest absolute Gasteiger partial charge is 0.495 e. The number of halogens is 1. The van der Waals surface area contributed by atoms with E-state index in [0.29, 0.717) is 0 Å². The molecule has 37 heavy (non-hydrogen) atoms. The smallest absolute Gasteiger partial charge is 0.339 e. The second kappa shape index (κ2) is 11.8. The number of rotatable bonds is 9. The number of esters is 2. The molecule has 0 saturated carbocycles. The molecule has 3 aromatic carbocycles. The standard InChI is InChI=1S/C25H23ClN2O8S/c1-34-22-12-10-17(26)14-21(22)28(37(32,33)18-7-5-4-6-8-18)15-23(29)27-20-13-16(24(30)35-2)9-11-19(20)25(31)36-3/h4-14H,15H2,1-3H3,(H,27,29). The summed E-state index contributed by atoms with van der Waals surface area (Å²) in [6.45, 7) is -0.725. The maximum absolute atomic E-state index is 13.6. The lowest BCUT2D eigenvalue weighted by Gasteiger charge is -2.26. The second-order valence-electron chi connectivity index (χ2n) is 7.43. The van der Waals surface area contributed by atoms with Crippen molar-refractivity contribution in [2.24, 2.45) is 0 Å². The first-order valence-electron chi connectivity index (χ1n) is 10.6. The predicted molar refractivity (Wildman–Crippen MR) is 137 cm³/mol. The van der Waals surface area contributed by atoms with Gasteiger partial charge in [-0.05, 0) is 48.5 Å². The van der Waals surface area contributed by atoms with Crippen LogP contribution in [0.25, 0.3) is 0 Å². The average molecular weight is 547 g/mol. The van der Waals surface area contributed by atoms with Gasteiger partial charge in [-0.1, -0.05) is 29.8 Å². The van der Waals surface area contributed by atoms with Crippen molar-refractivity contribution in [2.75, 3.05) is 37.5 Å². The zero-order chi connectivity index (χ0) is 27.2. The molecule has 1 N–H and O–H groups in total. The Labute approximate surface area is 218 Å². The Kier molecular flexibility index (Phi) is 8.74. The van der Waals surface area contributed by atoms with E-state index in [4.69, 9.17) is 25.8 Å². The van der Waals surface area contributed by atoms with E-state index in [9.17, 15) is 22.8 Å². The molecule has 3 aromatic rings. The van der Waals surface area contributed by atoms with Gasteiger partial charge in [0.25, 0.3) is 10.0 Å². The highest BCUT2D eigenvalue weighted by molar-refractivity contribution is 7.92. The Balaban J connectivity index is 2.06. The highest BCUT2D eigenvalue weighted by atomic mass is 35.5. The van der Waals surface area contributed by atoms with Crippen molar-refractivity contribution in [2.45, 2.75) is 4.90 Å². The van der Waals surface area contributed by atoms with Crippen LogP contribution in [0.2, 0.25) is 5.02 Å². The summed E-state index contributed by atoms with van der Waals surface area (Å²) in [4.78, 5) is 37.4. The molecule has 194 valence electrons. The quantitative estimate of drug-likeness (QED) is 0.402. The van der Waals surface area contributed by atoms with Gasteiger partial charge >= 0.3 is 11.9 Å². The van der Waals surface area contributed by atoms with Crippen LogP contribution in [0.3, 0.4) is 0 Å². The molecule has 0 heterocycles. The van der Waals surface area contributed by atoms with Gasteiger partial charge in [-0.25, -0.2) is 18.0 Å². The van der Waals surface area contributed by atoms with Crippen LogP contribution in [0.15, 0.2) is 71.6 Å². The van der Waals surface area contributed by atoms with Crippen molar-refractivity contribution in [3.05, 3.63) is 82.9 Å². The fraction of sp³-hybridized carbons (Fsp3) is 0.160. The zero-order valence-electron chi connectivity index (χ0n) is 20.1. The van der Waals surface area contributed by atoms with Crippen molar-refractivity contribution in [3.8, 4) is 5.75 Å². The third kappa shape index (κ3) is 6.19. The van der Waals surface area contributed by atoms with E-state index in [-0.39, 0.29) is 38.2 Å². The molecule has 0 radical (unpaired) electrons. The van der Waals surface area contributed by atoms with E-state index < -0.39 is 34.4 Å². The summed E-state index contributed by atoms with van der Waals surface area (Å²) in [6.07, 6.45) is 0. The topological polar surface area (TPSA) is 128 Å². The number of sulfonamides is 1. The number of hydrogen-bond donors (Lipinski definition) is 1. The first kappa shape index (κ1) is 27.5. The van der Waals surface area contributed by atoms with Crippen LogP contribution < -0.4 is 14.4 Å². The highest BCUT2D eigenvalue weighted by Gasteiger charge is 2.30. The molecule has 0 fully saturated rings. The average Bonchev–Trinajstić information content (AvgIpc) is 2.91. The molecule has 0 unspecified atom stereocenters. The van der Waals surface area contributed by atoms with E-state index in [1.165, 1.54) is 62.8 Å². The maximum Gasteiger partial charge on any atom is 0.339 e. The Morgan fingerprint density at radius 1 is 0.892 bits per heavy atom. The van der Waals surface area contributed by atoms with Crippen LogP contribution >= 0.6 is 11.6 Å². The van der Waals surface area contributed by atoms with Gasteiger partial charge in [0.2, 0.25) is 5.91 Å². The van der Waals surface area contributed by atoms with Crippen molar-refractivity contribution in [1.82, 2.24) is 0 Å². The number of carbonyl (C=O) groups excluding carboxylic acids is 3. The molecule has 0 spiro atoms. The zero-order valence-corrected chi connectivity index (χ0v) is 21.6. The van der Waals surface area contributed by atoms with Crippen LogP contribution in [0, 0.1) is 0 Å². The Hall–Kier alpha value is -4.09. The van der Waals surface area contributed by atoms with Gasteiger partial charge in [-0.3, -0.25) is 9.10 Å². The van der Waals surface area contributed by atoms with Crippen molar-refractivity contribution in [3.63, 3.8) is 0 Å². The van der Waals surface area contributed by atoms with Crippen LogP contribution in [-0.2, 0) is 24.3 Å². The number of methoxy groups -OCH3 is 3. The van der Waals surface area contributed by atoms with Crippen molar-refractivity contribution in [1.29, 1.82) is 0 Å². The molecule has 1 amide bonds. The molecule has 0 aliphatic carbocycles. The summed E-state index contributed by atoms with van der Waals surface area (Å²) in [6, 6.07) is 15.7. The van der Waals surface area contributed by atoms with Gasteiger partial charge in [0.05, 0.1) is 48.7 Å². The first-order valence-corrected chi connectivity index (χ1v) is 12.5. The normalized spacial score (nSPS) is 10.8. The molecule has 0 bridgehead atoms. The van der Waals surface area contributed by atoms with E-state index in [2.05, 4.69) is 5.32 Å². The third-order valence-corrected chi connectivity index (χ3v) is 7.16. The minimum Gasteiger partial charge on any atom is -0.495 e. The molecule has 0 aliphatic heterocycles. The summed E-state index contributed by atoms with van der Waals surface area (Å²) in [7, 11) is -0.597. The number of nitrogens with zero attached hydrogens (tertiary/aromatic N) is 1. The number of hydrogen-bond acceptors (Lipinski definition) is 8. The molecule has 10 nitrogen and oxygen atoms in total. The van der Waals surface area contributed by atoms with Crippen LogP contribution in [0.5, 0.6) is 5.75 Å². The summed E-state index contributed by atoms with van der Waals surface area (Å²) in [5.74, 6) is -2.16. The number of anilines is 2. The Bertz CT molecular complexity index is 1430. The summed E-state index contributed by atoms with van der Waals surface area (Å²) in [5, 5.41) is 2.70. The summed E-state index contributed by atoms with van der Waals surface area (Å²) < 4.78 is 42.8. The van der Waals surface area contributed by atoms with Gasteiger partial charge in [0, 0.05) is 5.02 Å². The van der Waals surface area contributed by atoms with E-state index in [1.54, 1.807) is 18.2 Å². The molecular formula is C25H23ClN2O8S. The Morgan fingerprint density at radius 3 is 2.19 bits per heavy atom. The number of amides is 1. The lowest BCUT2D eigenvalue weighted by molar-refractivity contribution is -0.114. The lowest BCUT2D eigenvalue weighted by atomic mass is 10.1. The molecule has 12 heteroatoms. The maximum atomic E-state index is 13.6. The molecule has 0 aliphatic rings. The van der Waals surface area contributed by atoms with Crippen LogP contribution in [0.4, 0.5) is 11.4 Å². The molecule has 3 rings (SSSR count). The SMILES string of the molecule is COC(=O)c1ccc(C(=O)OC)c(NC(=O)CN(c2cc(Cl)ccc2OC)S(=O)(=O)c2ccccc2)c1. The van der Waals surface area contributed by atoms with E-state index in [0.717, 1.165) is 11.4 Å². The van der Waals surface area contributed by atoms with Crippen LogP contribution in [0.1, 0.15) is 20.7 Å². The molecular weight excluding hydrogens is 524 g/mol. The first-order chi connectivity index (χ1) is 17.6. The van der Waals surface area contributed by atoms with Gasteiger partial charge in [-0.15, -0.1) is 0 Å². The number of carbonyl (C=O) groups is 3. The second-order valence-corrected chi connectivity index (χ2v) is 9.73. The number of ether oxygens (including phenoxy) is 3. The number of nitrogens with one attached hydrogen (secondary N) is 1. The van der Waals surface area contributed by atoms with Crippen molar-refractivity contribution >= 4 is 50.8 Å². The number of benzene rings is 3. The van der Waals surface area contributed by atoms with Crippen molar-refractivity contribution < 1.29 is 37.0 Å². The minimum absolute atomic E-state index is 0.0190. The molecule has 0 aromatic heterocycles. The third-order valence-electron chi connectivity index (χ3n) is 5.15. The predicted octanol–water partition coefficient (Wildman–Crippen LogP) is 3.76. The molecule has 0 saturated heterocycles. The minimum atomic E-state index is -4.28. The van der Waals surface area contributed by atoms with E-state index >= 15 is 0 Å². The van der Waals surface area contributed by atoms with Gasteiger partial charge in [0.15, 0.2) is 0 Å². The van der Waals surface area contributed by atoms with Gasteiger partial charge in [0.1, 0.15) is 12.3 Å². The fourth-order valence-electron chi connectivity index (χ4n) is 3.38.